The fourth-order valence-corrected chi connectivity index (χ4v) is 8.04. The van der Waals surface area contributed by atoms with E-state index in [0.717, 1.165) is 58.8 Å². The van der Waals surface area contributed by atoms with Crippen LogP contribution in [0.3, 0.4) is 0 Å². The van der Waals surface area contributed by atoms with Crippen molar-refractivity contribution in [2.75, 3.05) is 14.1 Å². The number of sulfonamides is 1. The number of carbonyl (C=O) groups excluding carboxylic acids is 1. The highest BCUT2D eigenvalue weighted by atomic mass is 32.2. The van der Waals surface area contributed by atoms with Gasteiger partial charge in [-0.15, -0.1) is 11.3 Å². The van der Waals surface area contributed by atoms with Crippen LogP contribution in [-0.2, 0) is 21.3 Å². The van der Waals surface area contributed by atoms with Gasteiger partial charge in [-0.2, -0.15) is 0 Å². The first kappa shape index (κ1) is 32.1. The van der Waals surface area contributed by atoms with Crippen LogP contribution in [0.25, 0.3) is 21.6 Å². The highest BCUT2D eigenvalue weighted by Crippen LogP contribution is 2.40. The van der Waals surface area contributed by atoms with Crippen molar-refractivity contribution < 1.29 is 17.9 Å². The number of nitrogens with zero attached hydrogens (tertiary/aromatic N) is 3. The molecule has 0 aliphatic heterocycles. The Bertz CT molecular complexity index is 1490. The highest BCUT2D eigenvalue weighted by Gasteiger charge is 2.29. The molecule has 1 aliphatic carbocycles. The van der Waals surface area contributed by atoms with Crippen molar-refractivity contribution in [2.45, 2.75) is 95.3 Å². The molecule has 11 heteroatoms. The van der Waals surface area contributed by atoms with Crippen LogP contribution in [0.2, 0.25) is 0 Å². The van der Waals surface area contributed by atoms with E-state index in [4.69, 9.17) is 9.72 Å². The molecule has 0 spiro atoms. The summed E-state index contributed by atoms with van der Waals surface area (Å²) in [6.45, 7) is 9.91. The van der Waals surface area contributed by atoms with E-state index in [1.807, 2.05) is 73.1 Å². The van der Waals surface area contributed by atoms with Gasteiger partial charge in [-0.3, -0.25) is 4.98 Å². The van der Waals surface area contributed by atoms with E-state index in [0.29, 0.717) is 5.56 Å². The van der Waals surface area contributed by atoms with Crippen molar-refractivity contribution in [3.05, 3.63) is 53.4 Å². The molecule has 1 fully saturated rings. The first-order chi connectivity index (χ1) is 19.7. The molecule has 2 heterocycles. The van der Waals surface area contributed by atoms with Crippen molar-refractivity contribution in [1.29, 1.82) is 0 Å². The first-order valence-corrected chi connectivity index (χ1v) is 16.7. The number of carbonyl (C=O) groups is 1. The van der Waals surface area contributed by atoms with Gasteiger partial charge in [0.05, 0.1) is 20.9 Å². The van der Waals surface area contributed by atoms with E-state index >= 15 is 0 Å². The van der Waals surface area contributed by atoms with Gasteiger partial charge in [0.1, 0.15) is 0 Å². The lowest BCUT2D eigenvalue weighted by molar-refractivity contribution is 0.109. The van der Waals surface area contributed by atoms with Crippen molar-refractivity contribution in [3.8, 4) is 21.6 Å². The third kappa shape index (κ3) is 8.59. The minimum atomic E-state index is -3.85. The predicted molar refractivity (Wildman–Crippen MR) is 168 cm³/mol. The lowest BCUT2D eigenvalue weighted by Crippen LogP contribution is -2.40. The zero-order chi connectivity index (χ0) is 30.7. The van der Waals surface area contributed by atoms with E-state index in [9.17, 15) is 13.2 Å². The SMILES string of the molecule is CC(C)OC(=O)N[C@H]1CC[C@H](c2ncc(-c3ccc(-c4cncc(CN(C)C)c4)cc3S(=O)(=O)NC(C)(C)C)s2)CC1. The summed E-state index contributed by atoms with van der Waals surface area (Å²) in [7, 11) is 0.149. The van der Waals surface area contributed by atoms with Gasteiger partial charge in [0, 0.05) is 53.8 Å². The van der Waals surface area contributed by atoms with Crippen LogP contribution >= 0.6 is 11.3 Å². The Kier molecular flexibility index (Phi) is 10.1. The normalized spacial score (nSPS) is 17.9. The van der Waals surface area contributed by atoms with Gasteiger partial charge in [0.25, 0.3) is 0 Å². The minimum absolute atomic E-state index is 0.0883. The third-order valence-corrected chi connectivity index (χ3v) is 9.86. The molecule has 4 rings (SSSR count). The Balaban J connectivity index is 1.61. The maximum Gasteiger partial charge on any atom is 0.407 e. The molecule has 2 aromatic heterocycles. The molecule has 0 atom stereocenters. The molecule has 0 saturated heterocycles. The molecule has 1 amide bonds. The van der Waals surface area contributed by atoms with Crippen molar-refractivity contribution in [2.24, 2.45) is 0 Å². The number of alkyl carbamates (subject to hydrolysis) is 1. The largest absolute Gasteiger partial charge is 0.447 e. The number of pyridine rings is 1. The fourth-order valence-electron chi connectivity index (χ4n) is 5.18. The number of aromatic nitrogens is 2. The van der Waals surface area contributed by atoms with Crippen LogP contribution in [0.5, 0.6) is 0 Å². The second-order valence-electron chi connectivity index (χ2n) is 12.6. The number of amides is 1. The zero-order valence-corrected chi connectivity index (χ0v) is 27.2. The Hall–Kier alpha value is -2.86. The van der Waals surface area contributed by atoms with Crippen molar-refractivity contribution >= 4 is 27.5 Å². The molecule has 0 bridgehead atoms. The molecule has 0 radical (unpaired) electrons. The summed E-state index contributed by atoms with van der Waals surface area (Å²) in [5.41, 5.74) is 2.68. The monoisotopic (exact) mass is 613 g/mol. The van der Waals surface area contributed by atoms with Gasteiger partial charge in [-0.25, -0.2) is 22.9 Å². The molecular weight excluding hydrogens is 571 g/mol. The number of hydrogen-bond acceptors (Lipinski definition) is 8. The molecule has 2 N–H and O–H groups in total. The number of thiazole rings is 1. The quantitative estimate of drug-likeness (QED) is 0.297. The Morgan fingerprint density at radius 2 is 1.79 bits per heavy atom. The summed E-state index contributed by atoms with van der Waals surface area (Å²) in [5, 5.41) is 3.96. The van der Waals surface area contributed by atoms with Crippen LogP contribution in [0.15, 0.2) is 47.8 Å². The van der Waals surface area contributed by atoms with Gasteiger partial charge in [0.2, 0.25) is 10.0 Å². The summed E-state index contributed by atoms with van der Waals surface area (Å²) in [4.78, 5) is 24.2. The van der Waals surface area contributed by atoms with Gasteiger partial charge in [-0.05, 0) is 97.7 Å². The van der Waals surface area contributed by atoms with Crippen LogP contribution in [0.1, 0.15) is 76.8 Å². The molecular formula is C31H43N5O4S2. The molecule has 0 unspecified atom stereocenters. The second kappa shape index (κ2) is 13.2. The summed E-state index contributed by atoms with van der Waals surface area (Å²) < 4.78 is 35.5. The van der Waals surface area contributed by atoms with Gasteiger partial charge in [-0.1, -0.05) is 12.1 Å². The minimum Gasteiger partial charge on any atom is -0.447 e. The lowest BCUT2D eigenvalue weighted by atomic mass is 9.86. The third-order valence-electron chi connectivity index (χ3n) is 6.87. The predicted octanol–water partition coefficient (Wildman–Crippen LogP) is 6.17. The summed E-state index contributed by atoms with van der Waals surface area (Å²) in [6.07, 6.45) is 8.34. The maximum absolute atomic E-state index is 13.7. The van der Waals surface area contributed by atoms with Crippen LogP contribution in [0, 0.1) is 0 Å². The number of nitrogens with one attached hydrogen (secondary N) is 2. The molecule has 1 aliphatic rings. The first-order valence-electron chi connectivity index (χ1n) is 14.4. The smallest absolute Gasteiger partial charge is 0.407 e. The molecule has 1 aromatic carbocycles. The molecule has 1 saturated carbocycles. The number of ether oxygens (including phenoxy) is 1. The topological polar surface area (TPSA) is 114 Å². The molecule has 3 aromatic rings. The van der Waals surface area contributed by atoms with E-state index < -0.39 is 15.6 Å². The van der Waals surface area contributed by atoms with Crippen LogP contribution in [-0.4, -0.2) is 61.2 Å². The average Bonchev–Trinajstić information content (AvgIpc) is 3.37. The van der Waals surface area contributed by atoms with E-state index in [2.05, 4.69) is 19.9 Å². The Morgan fingerprint density at radius 1 is 1.07 bits per heavy atom. The summed E-state index contributed by atoms with van der Waals surface area (Å²) in [5.74, 6) is 0.264. The van der Waals surface area contributed by atoms with Gasteiger partial charge < -0.3 is 15.0 Å². The van der Waals surface area contributed by atoms with Crippen LogP contribution < -0.4 is 10.0 Å². The number of benzene rings is 1. The molecule has 42 heavy (non-hydrogen) atoms. The van der Waals surface area contributed by atoms with E-state index in [1.54, 1.807) is 29.8 Å². The number of hydrogen-bond donors (Lipinski definition) is 2. The Labute approximate surface area is 254 Å². The van der Waals surface area contributed by atoms with Crippen LogP contribution in [0.4, 0.5) is 4.79 Å². The molecule has 228 valence electrons. The van der Waals surface area contributed by atoms with Gasteiger partial charge >= 0.3 is 6.09 Å². The van der Waals surface area contributed by atoms with Crippen molar-refractivity contribution in [1.82, 2.24) is 24.9 Å². The standard InChI is InChI=1S/C31H43N5O4S2/c1-20(2)40-30(37)34-25-11-8-22(9-12-25)29-33-18-27(41-29)26-13-10-23(15-28(26)42(38,39)35-31(3,4)5)24-14-21(16-32-17-24)19-36(6)7/h10,13-18,20,22,25,35H,8-9,11-12,19H2,1-7H3,(H,34,37)/t22-,25-. The highest BCUT2D eigenvalue weighted by molar-refractivity contribution is 7.89. The number of rotatable bonds is 9. The zero-order valence-electron chi connectivity index (χ0n) is 25.6. The van der Waals surface area contributed by atoms with Gasteiger partial charge in [0.15, 0.2) is 0 Å². The second-order valence-corrected chi connectivity index (χ2v) is 15.3. The average molecular weight is 614 g/mol. The van der Waals surface area contributed by atoms with E-state index in [1.165, 1.54) is 0 Å². The van der Waals surface area contributed by atoms with E-state index in [-0.39, 0.29) is 29.1 Å². The summed E-state index contributed by atoms with van der Waals surface area (Å²) in [6, 6.07) is 7.71. The summed E-state index contributed by atoms with van der Waals surface area (Å²) >= 11 is 1.54. The fraction of sp³-hybridized carbons (Fsp3) is 0.516. The molecule has 9 nitrogen and oxygen atoms in total. The lowest BCUT2D eigenvalue weighted by Gasteiger charge is -2.28. The maximum atomic E-state index is 13.7. The van der Waals surface area contributed by atoms with Crippen molar-refractivity contribution in [3.63, 3.8) is 0 Å². The Morgan fingerprint density at radius 3 is 2.43 bits per heavy atom.